The molecule has 1 aromatic rings. The molecule has 0 fully saturated rings. The Bertz CT molecular complexity index is 370. The molecular formula is C16H24O3. The molecule has 0 heterocycles. The van der Waals surface area contributed by atoms with E-state index in [4.69, 9.17) is 9.47 Å². The van der Waals surface area contributed by atoms with Gasteiger partial charge >= 0.3 is 5.97 Å². The summed E-state index contributed by atoms with van der Waals surface area (Å²) in [5, 5.41) is 0. The highest BCUT2D eigenvalue weighted by Crippen LogP contribution is 2.17. The molecule has 0 amide bonds. The third kappa shape index (κ3) is 5.33. The summed E-state index contributed by atoms with van der Waals surface area (Å²) in [6.07, 6.45) is 3.26. The van der Waals surface area contributed by atoms with Gasteiger partial charge < -0.3 is 9.47 Å². The van der Waals surface area contributed by atoms with Crippen LogP contribution in [0.25, 0.3) is 0 Å². The van der Waals surface area contributed by atoms with E-state index >= 15 is 0 Å². The largest absolute Gasteiger partial charge is 0.479 e. The monoisotopic (exact) mass is 264 g/mol. The number of esters is 1. The lowest BCUT2D eigenvalue weighted by atomic mass is 10.1. The van der Waals surface area contributed by atoms with Crippen molar-refractivity contribution in [3.05, 3.63) is 29.8 Å². The summed E-state index contributed by atoms with van der Waals surface area (Å²) in [5.41, 5.74) is 1.29. The topological polar surface area (TPSA) is 35.5 Å². The van der Waals surface area contributed by atoms with E-state index in [2.05, 4.69) is 6.92 Å². The molecule has 0 bridgehead atoms. The van der Waals surface area contributed by atoms with Gasteiger partial charge in [-0.3, -0.25) is 0 Å². The minimum absolute atomic E-state index is 0.276. The second-order valence-electron chi connectivity index (χ2n) is 4.54. The van der Waals surface area contributed by atoms with E-state index in [-0.39, 0.29) is 5.97 Å². The van der Waals surface area contributed by atoms with Crippen LogP contribution in [0.5, 0.6) is 5.75 Å². The molecule has 106 valence electrons. The quantitative estimate of drug-likeness (QED) is 0.671. The highest BCUT2D eigenvalue weighted by molar-refractivity contribution is 5.75. The van der Waals surface area contributed by atoms with E-state index < -0.39 is 6.10 Å². The summed E-state index contributed by atoms with van der Waals surface area (Å²) in [5.74, 6) is 0.452. The van der Waals surface area contributed by atoms with Crippen LogP contribution in [0.2, 0.25) is 0 Å². The van der Waals surface area contributed by atoms with E-state index in [1.807, 2.05) is 31.2 Å². The zero-order valence-corrected chi connectivity index (χ0v) is 12.1. The number of carbonyl (C=O) groups excluding carboxylic acids is 1. The van der Waals surface area contributed by atoms with Crippen molar-refractivity contribution in [3.63, 3.8) is 0 Å². The first-order chi connectivity index (χ1) is 9.21. The van der Waals surface area contributed by atoms with Gasteiger partial charge in [0.2, 0.25) is 0 Å². The van der Waals surface area contributed by atoms with Crippen LogP contribution in [-0.4, -0.2) is 18.7 Å². The maximum Gasteiger partial charge on any atom is 0.347 e. The van der Waals surface area contributed by atoms with Gasteiger partial charge in [0.05, 0.1) is 6.61 Å². The fourth-order valence-corrected chi connectivity index (χ4v) is 1.91. The van der Waals surface area contributed by atoms with Crippen LogP contribution in [0.4, 0.5) is 0 Å². The Balaban J connectivity index is 2.64. The van der Waals surface area contributed by atoms with Crippen molar-refractivity contribution in [2.45, 2.75) is 52.6 Å². The third-order valence-corrected chi connectivity index (χ3v) is 2.84. The van der Waals surface area contributed by atoms with Crippen molar-refractivity contribution in [1.82, 2.24) is 0 Å². The lowest BCUT2D eigenvalue weighted by Crippen LogP contribution is -2.29. The van der Waals surface area contributed by atoms with Crippen LogP contribution < -0.4 is 4.74 Å². The molecule has 19 heavy (non-hydrogen) atoms. The highest BCUT2D eigenvalue weighted by Gasteiger charge is 2.20. The first-order valence-corrected chi connectivity index (χ1v) is 7.13. The molecular weight excluding hydrogens is 240 g/mol. The molecule has 3 heteroatoms. The van der Waals surface area contributed by atoms with Gasteiger partial charge in [0.15, 0.2) is 6.10 Å². The number of hydrogen-bond donors (Lipinski definition) is 0. The summed E-state index contributed by atoms with van der Waals surface area (Å²) in [6, 6.07) is 7.94. The van der Waals surface area contributed by atoms with Gasteiger partial charge in [0.1, 0.15) is 5.75 Å². The second-order valence-corrected chi connectivity index (χ2v) is 4.54. The van der Waals surface area contributed by atoms with Crippen molar-refractivity contribution in [2.24, 2.45) is 0 Å². The SMILES string of the molecule is CCCc1ccc(OC(CCC)C(=O)OCC)cc1. The fraction of sp³-hybridized carbons (Fsp3) is 0.562. The Morgan fingerprint density at radius 3 is 2.32 bits per heavy atom. The number of hydrogen-bond acceptors (Lipinski definition) is 3. The average molecular weight is 264 g/mol. The van der Waals surface area contributed by atoms with Crippen LogP contribution in [0, 0.1) is 0 Å². The molecule has 0 aliphatic rings. The summed E-state index contributed by atoms with van der Waals surface area (Å²) < 4.78 is 10.8. The Labute approximate surface area is 115 Å². The predicted octanol–water partition coefficient (Wildman–Crippen LogP) is 3.75. The number of benzene rings is 1. The molecule has 1 atom stereocenters. The van der Waals surface area contributed by atoms with Gasteiger partial charge in [0, 0.05) is 0 Å². The molecule has 3 nitrogen and oxygen atoms in total. The number of ether oxygens (including phenoxy) is 2. The molecule has 0 aliphatic carbocycles. The van der Waals surface area contributed by atoms with Crippen LogP contribution in [0.15, 0.2) is 24.3 Å². The molecule has 1 aromatic carbocycles. The van der Waals surface area contributed by atoms with Gasteiger partial charge in [0.25, 0.3) is 0 Å². The normalized spacial score (nSPS) is 11.9. The third-order valence-electron chi connectivity index (χ3n) is 2.84. The predicted molar refractivity (Wildman–Crippen MR) is 76.4 cm³/mol. The van der Waals surface area contributed by atoms with E-state index in [9.17, 15) is 4.79 Å². The Hall–Kier alpha value is -1.51. The standard InChI is InChI=1S/C16H24O3/c1-4-7-13-9-11-14(12-10-13)19-15(8-5-2)16(17)18-6-3/h9-12,15H,4-8H2,1-3H3. The molecule has 0 aromatic heterocycles. The van der Waals surface area contributed by atoms with Crippen molar-refractivity contribution in [3.8, 4) is 5.75 Å². The molecule has 1 rings (SSSR count). The van der Waals surface area contributed by atoms with Crippen molar-refractivity contribution < 1.29 is 14.3 Å². The lowest BCUT2D eigenvalue weighted by molar-refractivity contribution is -0.151. The minimum Gasteiger partial charge on any atom is -0.479 e. The van der Waals surface area contributed by atoms with Gasteiger partial charge in [-0.15, -0.1) is 0 Å². The molecule has 0 radical (unpaired) electrons. The van der Waals surface area contributed by atoms with Gasteiger partial charge in [-0.2, -0.15) is 0 Å². The fourth-order valence-electron chi connectivity index (χ4n) is 1.91. The van der Waals surface area contributed by atoms with Crippen LogP contribution in [0.3, 0.4) is 0 Å². The zero-order chi connectivity index (χ0) is 14.1. The summed E-state index contributed by atoms with van der Waals surface area (Å²) in [4.78, 5) is 11.8. The van der Waals surface area contributed by atoms with E-state index in [1.165, 1.54) is 5.56 Å². The summed E-state index contributed by atoms with van der Waals surface area (Å²) in [6.45, 7) is 6.38. The number of aryl methyl sites for hydroxylation is 1. The van der Waals surface area contributed by atoms with Crippen LogP contribution in [0.1, 0.15) is 45.6 Å². The molecule has 0 N–H and O–H groups in total. The summed E-state index contributed by atoms with van der Waals surface area (Å²) >= 11 is 0. The van der Waals surface area contributed by atoms with E-state index in [1.54, 1.807) is 6.92 Å². The zero-order valence-electron chi connectivity index (χ0n) is 12.1. The molecule has 1 unspecified atom stereocenters. The Kier molecular flexibility index (Phi) is 7.01. The van der Waals surface area contributed by atoms with Gasteiger partial charge in [-0.25, -0.2) is 4.79 Å². The number of rotatable bonds is 8. The maximum atomic E-state index is 11.8. The number of carbonyl (C=O) groups is 1. The maximum absolute atomic E-state index is 11.8. The first kappa shape index (κ1) is 15.5. The molecule has 0 saturated heterocycles. The molecule has 0 saturated carbocycles. The van der Waals surface area contributed by atoms with Crippen molar-refractivity contribution >= 4 is 5.97 Å². The smallest absolute Gasteiger partial charge is 0.347 e. The van der Waals surface area contributed by atoms with E-state index in [0.717, 1.165) is 25.0 Å². The van der Waals surface area contributed by atoms with E-state index in [0.29, 0.717) is 13.0 Å². The molecule has 0 aliphatic heterocycles. The Morgan fingerprint density at radius 2 is 1.79 bits per heavy atom. The van der Waals surface area contributed by atoms with Gasteiger partial charge in [-0.05, 0) is 37.5 Å². The highest BCUT2D eigenvalue weighted by atomic mass is 16.6. The minimum atomic E-state index is -0.498. The van der Waals surface area contributed by atoms with Gasteiger partial charge in [-0.1, -0.05) is 38.8 Å². The van der Waals surface area contributed by atoms with Crippen LogP contribution in [-0.2, 0) is 16.0 Å². The first-order valence-electron chi connectivity index (χ1n) is 7.13. The summed E-state index contributed by atoms with van der Waals surface area (Å²) in [7, 11) is 0. The average Bonchev–Trinajstić information content (AvgIpc) is 2.41. The molecule has 0 spiro atoms. The second kappa shape index (κ2) is 8.57. The van der Waals surface area contributed by atoms with Crippen LogP contribution >= 0.6 is 0 Å². The van der Waals surface area contributed by atoms with Crippen molar-refractivity contribution in [1.29, 1.82) is 0 Å². The Morgan fingerprint density at radius 1 is 1.11 bits per heavy atom. The van der Waals surface area contributed by atoms with Crippen molar-refractivity contribution in [2.75, 3.05) is 6.61 Å². The lowest BCUT2D eigenvalue weighted by Gasteiger charge is -2.17.